The van der Waals surface area contributed by atoms with Gasteiger partial charge in [-0.25, -0.2) is 0 Å². The van der Waals surface area contributed by atoms with Crippen molar-refractivity contribution in [1.29, 1.82) is 0 Å². The fraction of sp³-hybridized carbons (Fsp3) is 0.182. The molecule has 15 heavy (non-hydrogen) atoms. The zero-order chi connectivity index (χ0) is 11.4. The molecule has 1 aromatic rings. The van der Waals surface area contributed by atoms with Gasteiger partial charge in [-0.05, 0) is 41.1 Å². The van der Waals surface area contributed by atoms with Gasteiger partial charge in [-0.3, -0.25) is 4.79 Å². The Hall–Kier alpha value is -1.29. The van der Waals surface area contributed by atoms with E-state index in [4.69, 9.17) is 5.73 Å². The second-order valence-electron chi connectivity index (χ2n) is 3.38. The van der Waals surface area contributed by atoms with Gasteiger partial charge in [-0.15, -0.1) is 0 Å². The van der Waals surface area contributed by atoms with Crippen molar-refractivity contribution in [3.63, 3.8) is 0 Å². The molecule has 0 saturated heterocycles. The van der Waals surface area contributed by atoms with Gasteiger partial charge in [0, 0.05) is 16.7 Å². The lowest BCUT2D eigenvalue weighted by molar-refractivity contribution is 0.0956. The maximum atomic E-state index is 11.7. The standard InChI is InChI=1S/C11H13BrN2O/c1-7(2)6-14-11(15)9-5-8(13)3-4-10(9)12/h3-5H,1,6,13H2,2H3,(H,14,15). The molecule has 3 N–H and O–H groups in total. The third-order valence-corrected chi connectivity index (χ3v) is 2.48. The summed E-state index contributed by atoms with van der Waals surface area (Å²) in [4.78, 5) is 11.7. The van der Waals surface area contributed by atoms with E-state index in [-0.39, 0.29) is 5.91 Å². The van der Waals surface area contributed by atoms with Gasteiger partial charge < -0.3 is 11.1 Å². The number of nitrogens with two attached hydrogens (primary N) is 1. The Kier molecular flexibility index (Phi) is 3.91. The summed E-state index contributed by atoms with van der Waals surface area (Å²) < 4.78 is 0.732. The number of nitrogens with one attached hydrogen (secondary N) is 1. The minimum atomic E-state index is -0.155. The van der Waals surface area contributed by atoms with Crippen molar-refractivity contribution in [2.24, 2.45) is 0 Å². The molecule has 1 aromatic carbocycles. The van der Waals surface area contributed by atoms with Crippen molar-refractivity contribution >= 4 is 27.5 Å². The topological polar surface area (TPSA) is 55.1 Å². The van der Waals surface area contributed by atoms with Crippen LogP contribution in [0.1, 0.15) is 17.3 Å². The summed E-state index contributed by atoms with van der Waals surface area (Å²) in [5, 5.41) is 2.74. The van der Waals surface area contributed by atoms with Gasteiger partial charge in [0.2, 0.25) is 0 Å². The summed E-state index contributed by atoms with van der Waals surface area (Å²) in [5.74, 6) is -0.155. The van der Waals surface area contributed by atoms with Crippen molar-refractivity contribution in [3.05, 3.63) is 40.4 Å². The van der Waals surface area contributed by atoms with Gasteiger partial charge in [0.1, 0.15) is 0 Å². The summed E-state index contributed by atoms with van der Waals surface area (Å²) in [7, 11) is 0. The van der Waals surface area contributed by atoms with Crippen molar-refractivity contribution in [2.45, 2.75) is 6.92 Å². The predicted molar refractivity (Wildman–Crippen MR) is 65.7 cm³/mol. The van der Waals surface area contributed by atoms with E-state index >= 15 is 0 Å². The average molecular weight is 269 g/mol. The zero-order valence-corrected chi connectivity index (χ0v) is 10.1. The molecular weight excluding hydrogens is 256 g/mol. The maximum Gasteiger partial charge on any atom is 0.252 e. The summed E-state index contributed by atoms with van der Waals surface area (Å²) >= 11 is 3.30. The molecule has 0 saturated carbocycles. The summed E-state index contributed by atoms with van der Waals surface area (Å²) in [6.07, 6.45) is 0. The van der Waals surface area contributed by atoms with Gasteiger partial charge in [0.05, 0.1) is 5.56 Å². The largest absolute Gasteiger partial charge is 0.399 e. The van der Waals surface area contributed by atoms with E-state index in [0.29, 0.717) is 17.8 Å². The first kappa shape index (κ1) is 11.8. The summed E-state index contributed by atoms with van der Waals surface area (Å²) in [6, 6.07) is 5.13. The fourth-order valence-electron chi connectivity index (χ4n) is 1.04. The van der Waals surface area contributed by atoms with E-state index in [9.17, 15) is 4.79 Å². The molecule has 0 unspecified atom stereocenters. The quantitative estimate of drug-likeness (QED) is 0.653. The number of amides is 1. The van der Waals surface area contributed by atoms with E-state index in [0.717, 1.165) is 10.0 Å². The van der Waals surface area contributed by atoms with Crippen LogP contribution < -0.4 is 11.1 Å². The highest BCUT2D eigenvalue weighted by Gasteiger charge is 2.09. The number of hydrogen-bond donors (Lipinski definition) is 2. The first-order valence-electron chi connectivity index (χ1n) is 4.48. The minimum absolute atomic E-state index is 0.155. The molecule has 1 amide bonds. The maximum absolute atomic E-state index is 11.7. The van der Waals surface area contributed by atoms with E-state index in [1.165, 1.54) is 0 Å². The second kappa shape index (κ2) is 4.98. The lowest BCUT2D eigenvalue weighted by Gasteiger charge is -2.07. The molecule has 0 atom stereocenters. The number of benzene rings is 1. The van der Waals surface area contributed by atoms with Crippen LogP contribution in [0.2, 0.25) is 0 Å². The molecule has 0 radical (unpaired) electrons. The molecular formula is C11H13BrN2O. The number of carbonyl (C=O) groups is 1. The molecule has 4 heteroatoms. The highest BCUT2D eigenvalue weighted by Crippen LogP contribution is 2.19. The molecule has 0 bridgehead atoms. The molecule has 1 rings (SSSR count). The highest BCUT2D eigenvalue weighted by molar-refractivity contribution is 9.10. The molecule has 0 aromatic heterocycles. The third-order valence-electron chi connectivity index (χ3n) is 1.79. The normalized spacial score (nSPS) is 9.73. The Bertz CT molecular complexity index is 402. The van der Waals surface area contributed by atoms with Gasteiger partial charge >= 0.3 is 0 Å². The molecule has 0 fully saturated rings. The Morgan fingerprint density at radius 3 is 2.87 bits per heavy atom. The SMILES string of the molecule is C=C(C)CNC(=O)c1cc(N)ccc1Br. The van der Waals surface area contributed by atoms with Crippen molar-refractivity contribution < 1.29 is 4.79 Å². The number of carbonyl (C=O) groups excluding carboxylic acids is 1. The predicted octanol–water partition coefficient (Wildman–Crippen LogP) is 2.34. The van der Waals surface area contributed by atoms with E-state index in [2.05, 4.69) is 27.8 Å². The average Bonchev–Trinajstić information content (AvgIpc) is 2.18. The van der Waals surface area contributed by atoms with E-state index in [1.54, 1.807) is 18.2 Å². The lowest BCUT2D eigenvalue weighted by Crippen LogP contribution is -2.25. The van der Waals surface area contributed by atoms with Crippen molar-refractivity contribution in [3.8, 4) is 0 Å². The molecule has 0 aliphatic rings. The molecule has 3 nitrogen and oxygen atoms in total. The van der Waals surface area contributed by atoms with Crippen LogP contribution in [0.4, 0.5) is 5.69 Å². The molecule has 0 aliphatic heterocycles. The monoisotopic (exact) mass is 268 g/mol. The van der Waals surface area contributed by atoms with Crippen molar-refractivity contribution in [1.82, 2.24) is 5.32 Å². The van der Waals surface area contributed by atoms with Crippen LogP contribution in [-0.4, -0.2) is 12.5 Å². The van der Waals surface area contributed by atoms with Crippen LogP contribution in [0, 0.1) is 0 Å². The van der Waals surface area contributed by atoms with Crippen LogP contribution in [0.15, 0.2) is 34.8 Å². The van der Waals surface area contributed by atoms with Gasteiger partial charge in [0.15, 0.2) is 0 Å². The molecule has 0 aliphatic carbocycles. The van der Waals surface area contributed by atoms with Crippen molar-refractivity contribution in [2.75, 3.05) is 12.3 Å². The summed E-state index contributed by atoms with van der Waals surface area (Å²) in [5.41, 5.74) is 7.62. The lowest BCUT2D eigenvalue weighted by atomic mass is 10.2. The van der Waals surface area contributed by atoms with Crippen LogP contribution in [0.5, 0.6) is 0 Å². The number of hydrogen-bond acceptors (Lipinski definition) is 2. The summed E-state index contributed by atoms with van der Waals surface area (Å²) in [6.45, 7) is 6.04. The second-order valence-corrected chi connectivity index (χ2v) is 4.23. The third kappa shape index (κ3) is 3.40. The first-order valence-corrected chi connectivity index (χ1v) is 5.27. The van der Waals surface area contributed by atoms with E-state index in [1.807, 2.05) is 6.92 Å². The Labute approximate surface area is 97.5 Å². The van der Waals surface area contributed by atoms with Gasteiger partial charge in [0.25, 0.3) is 5.91 Å². The van der Waals surface area contributed by atoms with Gasteiger partial charge in [-0.2, -0.15) is 0 Å². The van der Waals surface area contributed by atoms with Crippen LogP contribution >= 0.6 is 15.9 Å². The smallest absolute Gasteiger partial charge is 0.252 e. The van der Waals surface area contributed by atoms with Crippen LogP contribution in [0.3, 0.4) is 0 Å². The number of anilines is 1. The highest BCUT2D eigenvalue weighted by atomic mass is 79.9. The van der Waals surface area contributed by atoms with Gasteiger partial charge in [-0.1, -0.05) is 12.2 Å². The zero-order valence-electron chi connectivity index (χ0n) is 8.51. The molecule has 0 spiro atoms. The number of nitrogen functional groups attached to an aromatic ring is 1. The Morgan fingerprint density at radius 2 is 2.27 bits per heavy atom. The number of rotatable bonds is 3. The fourth-order valence-corrected chi connectivity index (χ4v) is 1.47. The number of halogens is 1. The Balaban J connectivity index is 2.81. The molecule has 80 valence electrons. The minimum Gasteiger partial charge on any atom is -0.399 e. The van der Waals surface area contributed by atoms with Crippen LogP contribution in [-0.2, 0) is 0 Å². The Morgan fingerprint density at radius 1 is 1.60 bits per heavy atom. The van der Waals surface area contributed by atoms with E-state index < -0.39 is 0 Å². The van der Waals surface area contributed by atoms with Crippen LogP contribution in [0.25, 0.3) is 0 Å². The first-order chi connectivity index (χ1) is 7.00. The molecule has 0 heterocycles.